The summed E-state index contributed by atoms with van der Waals surface area (Å²) in [5, 5.41) is 68.3. The van der Waals surface area contributed by atoms with Gasteiger partial charge in [-0.1, -0.05) is 46.5 Å². The van der Waals surface area contributed by atoms with Crippen molar-refractivity contribution in [3.05, 3.63) is 0 Å². The topological polar surface area (TPSA) is 505 Å². The van der Waals surface area contributed by atoms with Gasteiger partial charge >= 0.3 is 0 Å². The SMILES string of the molecule is CCCCCCCC(=O)N[C@@H](CCN)C(=O)N[C@H](C(=O)N[C@H](CO)C(=O)N[C@H]1CCNC(=O)[C@H]([C@@H](C)O)NC(=O)[C@H](CCN)NC(=O)[C@H](CCN)NC(=O)[C@H](CO)NC(=O)[C@@H](CC(C)C)NC(=O)[C@H](CCN)NC1=O)C(C)O. The van der Waals surface area contributed by atoms with Crippen molar-refractivity contribution in [1.29, 1.82) is 0 Å². The molecule has 1 aliphatic heterocycles. The first kappa shape index (κ1) is 69.9. The Balaban J connectivity index is 3.72. The van der Waals surface area contributed by atoms with Crippen LogP contribution in [-0.2, 0) is 52.7 Å². The van der Waals surface area contributed by atoms with Gasteiger partial charge in [0.25, 0.3) is 0 Å². The maximum atomic E-state index is 14.2. The number of hydrogen-bond donors (Lipinski definition) is 19. The second-order valence-electron chi connectivity index (χ2n) is 19.6. The van der Waals surface area contributed by atoms with E-state index in [2.05, 4.69) is 58.5 Å². The van der Waals surface area contributed by atoms with Crippen molar-refractivity contribution < 1.29 is 73.2 Å². The summed E-state index contributed by atoms with van der Waals surface area (Å²) in [7, 11) is 0. The average Bonchev–Trinajstić information content (AvgIpc) is 3.37. The van der Waals surface area contributed by atoms with Crippen molar-refractivity contribution >= 4 is 65.0 Å². The van der Waals surface area contributed by atoms with Crippen LogP contribution in [0.1, 0.15) is 112 Å². The van der Waals surface area contributed by atoms with Gasteiger partial charge in [-0.05, 0) is 90.9 Å². The molecule has 0 aliphatic carbocycles. The molecule has 0 bridgehead atoms. The number of nitrogens with two attached hydrogens (primary N) is 4. The van der Waals surface area contributed by atoms with Gasteiger partial charge in [-0.2, -0.15) is 0 Å². The van der Waals surface area contributed by atoms with Crippen LogP contribution in [0, 0.1) is 5.92 Å². The molecular formula is C48H89N15O15. The van der Waals surface area contributed by atoms with Gasteiger partial charge in [0.1, 0.15) is 60.4 Å². The Morgan fingerprint density at radius 1 is 0.577 bits per heavy atom. The van der Waals surface area contributed by atoms with Crippen LogP contribution in [0.25, 0.3) is 0 Å². The van der Waals surface area contributed by atoms with E-state index < -0.39 is 164 Å². The first-order valence-corrected chi connectivity index (χ1v) is 26.6. The fourth-order valence-corrected chi connectivity index (χ4v) is 7.92. The molecule has 0 aromatic heterocycles. The fraction of sp³-hybridized carbons (Fsp3) is 0.771. The van der Waals surface area contributed by atoms with E-state index in [0.717, 1.165) is 39.5 Å². The van der Waals surface area contributed by atoms with Crippen LogP contribution < -0.4 is 81.4 Å². The van der Waals surface area contributed by atoms with Crippen LogP contribution in [0.4, 0.5) is 0 Å². The van der Waals surface area contributed by atoms with Crippen LogP contribution in [0.5, 0.6) is 0 Å². The van der Waals surface area contributed by atoms with Crippen LogP contribution in [0.3, 0.4) is 0 Å². The predicted octanol–water partition coefficient (Wildman–Crippen LogP) is -8.10. The highest BCUT2D eigenvalue weighted by Gasteiger charge is 2.37. The summed E-state index contributed by atoms with van der Waals surface area (Å²) in [4.78, 5) is 150. The molecule has 0 radical (unpaired) electrons. The summed E-state index contributed by atoms with van der Waals surface area (Å²) in [6.45, 7) is 4.53. The molecule has 30 nitrogen and oxygen atoms in total. The number of aliphatic hydroxyl groups is 4. The van der Waals surface area contributed by atoms with Gasteiger partial charge in [-0.3, -0.25) is 52.7 Å². The molecule has 446 valence electrons. The molecule has 1 unspecified atom stereocenters. The molecule has 30 heteroatoms. The second kappa shape index (κ2) is 37.6. The number of carbonyl (C=O) groups excluding carboxylic acids is 11. The number of carbonyl (C=O) groups is 11. The molecule has 1 heterocycles. The first-order valence-electron chi connectivity index (χ1n) is 26.6. The molecule has 1 rings (SSSR count). The molecule has 1 aliphatic rings. The predicted molar refractivity (Wildman–Crippen MR) is 282 cm³/mol. The molecule has 0 aromatic rings. The first-order chi connectivity index (χ1) is 36.9. The molecule has 0 saturated carbocycles. The zero-order valence-electron chi connectivity index (χ0n) is 45.5. The van der Waals surface area contributed by atoms with Crippen molar-refractivity contribution in [3.63, 3.8) is 0 Å². The molecular weight excluding hydrogens is 1030 g/mol. The van der Waals surface area contributed by atoms with Gasteiger partial charge in [0.2, 0.25) is 65.0 Å². The quantitative estimate of drug-likeness (QED) is 0.0340. The summed E-state index contributed by atoms with van der Waals surface area (Å²) in [5.41, 5.74) is 23.0. The summed E-state index contributed by atoms with van der Waals surface area (Å²) < 4.78 is 0. The molecule has 11 amide bonds. The normalized spacial score (nSPS) is 23.5. The Bertz CT molecular complexity index is 1970. The van der Waals surface area contributed by atoms with E-state index in [1.54, 1.807) is 13.8 Å². The number of aliphatic hydroxyl groups excluding tert-OH is 4. The molecule has 12 atom stereocenters. The van der Waals surface area contributed by atoms with Crippen LogP contribution in [-0.4, -0.2) is 204 Å². The number of amides is 11. The minimum atomic E-state index is -1.89. The number of hydrogen-bond acceptors (Lipinski definition) is 19. The third-order valence-corrected chi connectivity index (χ3v) is 12.3. The summed E-state index contributed by atoms with van der Waals surface area (Å²) in [6, 6.07) is -15.9. The van der Waals surface area contributed by atoms with Crippen LogP contribution in [0.15, 0.2) is 0 Å². The highest BCUT2D eigenvalue weighted by atomic mass is 16.3. The van der Waals surface area contributed by atoms with Gasteiger partial charge in [0.15, 0.2) is 0 Å². The lowest BCUT2D eigenvalue weighted by atomic mass is 10.0. The summed E-state index contributed by atoms with van der Waals surface area (Å²) in [6.07, 6.45) is -0.0761. The maximum Gasteiger partial charge on any atom is 0.245 e. The monoisotopic (exact) mass is 1120 g/mol. The lowest BCUT2D eigenvalue weighted by Gasteiger charge is -2.28. The highest BCUT2D eigenvalue weighted by molar-refractivity contribution is 5.99. The van der Waals surface area contributed by atoms with E-state index in [1.165, 1.54) is 0 Å². The molecule has 23 N–H and O–H groups in total. The minimum absolute atomic E-state index is 0.0422. The van der Waals surface area contributed by atoms with E-state index in [9.17, 15) is 73.2 Å². The third-order valence-electron chi connectivity index (χ3n) is 12.3. The summed E-state index contributed by atoms with van der Waals surface area (Å²) in [5.74, 6) is -11.1. The van der Waals surface area contributed by atoms with Crippen molar-refractivity contribution in [2.24, 2.45) is 28.9 Å². The zero-order valence-corrected chi connectivity index (χ0v) is 45.5. The van der Waals surface area contributed by atoms with Gasteiger partial charge in [0, 0.05) is 13.0 Å². The van der Waals surface area contributed by atoms with Crippen molar-refractivity contribution in [2.45, 2.75) is 184 Å². The van der Waals surface area contributed by atoms with E-state index >= 15 is 0 Å². The smallest absolute Gasteiger partial charge is 0.245 e. The Hall–Kier alpha value is -6.15. The standard InChI is InChI=1S/C48H89N15O15/c1-6-7-8-9-10-11-36(68)54-28(12-17-49)42(72)63-38(27(5)67)48(78)61-35(24-65)46(76)58-32-16-21-53-47(77)37(26(4)66)62-43(73)31(15-20-52)56-39(69)29(13-18-50)57-45(75)34(23-64)60-44(74)33(22-25(2)3)59-40(70)30(14-19-51)55-41(32)71/h25-35,37-38,64-67H,6-24,49-52H2,1-5H3,(H,53,77)(H,54,68)(H,55,71)(H,56,69)(H,57,75)(H,58,76)(H,59,70)(H,60,74)(H,61,78)(H,62,73)(H,63,72)/t26-,27?,28+,29+,30+,31+,32+,33-,34+,35-,37+,38+/m1/s1. The Labute approximate surface area is 454 Å². The number of nitrogens with one attached hydrogen (secondary N) is 11. The van der Waals surface area contributed by atoms with E-state index in [0.29, 0.717) is 6.42 Å². The van der Waals surface area contributed by atoms with E-state index in [1.807, 2.05) is 6.92 Å². The van der Waals surface area contributed by atoms with Crippen molar-refractivity contribution in [2.75, 3.05) is 45.9 Å². The zero-order chi connectivity index (χ0) is 59.1. The fourth-order valence-electron chi connectivity index (χ4n) is 7.92. The van der Waals surface area contributed by atoms with Gasteiger partial charge < -0.3 is 102 Å². The average molecular weight is 1120 g/mol. The van der Waals surface area contributed by atoms with E-state index in [4.69, 9.17) is 22.9 Å². The van der Waals surface area contributed by atoms with Gasteiger partial charge in [0.05, 0.1) is 25.4 Å². The molecule has 78 heavy (non-hydrogen) atoms. The Morgan fingerprint density at radius 2 is 1.08 bits per heavy atom. The van der Waals surface area contributed by atoms with Crippen LogP contribution in [0.2, 0.25) is 0 Å². The van der Waals surface area contributed by atoms with Gasteiger partial charge in [-0.15, -0.1) is 0 Å². The molecule has 1 saturated heterocycles. The lowest BCUT2D eigenvalue weighted by Crippen LogP contribution is -2.62. The maximum absolute atomic E-state index is 14.2. The number of rotatable bonds is 27. The Morgan fingerprint density at radius 3 is 1.56 bits per heavy atom. The van der Waals surface area contributed by atoms with E-state index in [-0.39, 0.29) is 70.6 Å². The highest BCUT2D eigenvalue weighted by Crippen LogP contribution is 2.10. The largest absolute Gasteiger partial charge is 0.394 e. The van der Waals surface area contributed by atoms with Crippen LogP contribution >= 0.6 is 0 Å². The van der Waals surface area contributed by atoms with Gasteiger partial charge in [-0.25, -0.2) is 0 Å². The summed E-state index contributed by atoms with van der Waals surface area (Å²) >= 11 is 0. The van der Waals surface area contributed by atoms with Crippen molar-refractivity contribution in [1.82, 2.24) is 58.5 Å². The minimum Gasteiger partial charge on any atom is -0.394 e. The Kier molecular flexibility index (Phi) is 33.7. The lowest BCUT2D eigenvalue weighted by molar-refractivity contribution is -0.137. The second-order valence-corrected chi connectivity index (χ2v) is 19.6. The molecule has 0 spiro atoms. The third kappa shape index (κ3) is 25.1. The number of unbranched alkanes of at least 4 members (excludes halogenated alkanes) is 4. The van der Waals surface area contributed by atoms with Crippen molar-refractivity contribution in [3.8, 4) is 0 Å². The molecule has 1 fully saturated rings. The molecule has 0 aromatic carbocycles.